The van der Waals surface area contributed by atoms with E-state index >= 15 is 0 Å². The van der Waals surface area contributed by atoms with Crippen LogP contribution in [0.25, 0.3) is 0 Å². The van der Waals surface area contributed by atoms with Gasteiger partial charge in [-0.1, -0.05) is 49.7 Å². The molecule has 3 aromatic rings. The largest absolute Gasteiger partial charge is 0.346 e. The zero-order valence-electron chi connectivity index (χ0n) is 21.7. The third kappa shape index (κ3) is 5.93. The van der Waals surface area contributed by atoms with Gasteiger partial charge in [-0.15, -0.1) is 0 Å². The average Bonchev–Trinajstić information content (AvgIpc) is 2.97. The van der Waals surface area contributed by atoms with E-state index in [0.29, 0.717) is 17.1 Å². The Balaban J connectivity index is 1.71. The monoisotopic (exact) mass is 554 g/mol. The molecule has 7 nitrogen and oxygen atoms in total. The van der Waals surface area contributed by atoms with Gasteiger partial charge in [-0.2, -0.15) is 0 Å². The summed E-state index contributed by atoms with van der Waals surface area (Å²) in [5.41, 5.74) is 1.29. The molecule has 0 fully saturated rings. The Labute approximate surface area is 229 Å². The summed E-state index contributed by atoms with van der Waals surface area (Å²) in [4.78, 5) is 29.6. The van der Waals surface area contributed by atoms with Gasteiger partial charge in [0.15, 0.2) is 0 Å². The van der Waals surface area contributed by atoms with Crippen molar-refractivity contribution in [2.75, 3.05) is 31.1 Å². The molecule has 3 aromatic carbocycles. The van der Waals surface area contributed by atoms with E-state index < -0.39 is 15.7 Å². The van der Waals surface area contributed by atoms with Crippen LogP contribution in [0.1, 0.15) is 53.0 Å². The average molecular weight is 555 g/mol. The first-order chi connectivity index (χ1) is 18.3. The molecule has 2 amide bonds. The summed E-state index contributed by atoms with van der Waals surface area (Å²) in [7, 11) is -4.01. The normalized spacial score (nSPS) is 14.1. The molecular formula is C29H33ClN3O4S+. The summed E-state index contributed by atoms with van der Waals surface area (Å²) >= 11 is 6.18. The van der Waals surface area contributed by atoms with Gasteiger partial charge in [-0.05, 0) is 60.9 Å². The molecule has 0 aromatic heterocycles. The second-order valence-electron chi connectivity index (χ2n) is 9.46. The number of nitrogens with zero attached hydrogens (tertiary/aromatic N) is 1. The van der Waals surface area contributed by atoms with Crippen LogP contribution >= 0.6 is 11.6 Å². The Bertz CT molecular complexity index is 1440. The SMILES string of the molecule is CCC[NH+](CCC)CCNC(=O)c1ccc2c(c1)N(Cc1cccc(Cl)c1)C(=O)c1ccccc1S2(=O)=O. The number of carbonyl (C=O) groups is 2. The fraction of sp³-hybridized carbons (Fsp3) is 0.310. The maximum atomic E-state index is 13.8. The van der Waals surface area contributed by atoms with Crippen molar-refractivity contribution < 1.29 is 22.9 Å². The van der Waals surface area contributed by atoms with Gasteiger partial charge in [0.25, 0.3) is 11.8 Å². The summed E-state index contributed by atoms with van der Waals surface area (Å²) < 4.78 is 27.3. The standard InChI is InChI=1S/C29H32ClN3O4S/c1-3-15-32(16-4-2)17-14-31-28(34)22-12-13-27-25(19-22)33(20-21-8-7-9-23(30)18-21)29(35)24-10-5-6-11-26(24)38(27,36)37/h5-13,18-19H,3-4,14-17,20H2,1-2H3,(H,31,34)/p+1. The number of nitrogens with one attached hydrogen (secondary N) is 2. The van der Waals surface area contributed by atoms with E-state index in [-0.39, 0.29) is 33.5 Å². The van der Waals surface area contributed by atoms with Crippen LogP contribution in [-0.4, -0.2) is 46.4 Å². The van der Waals surface area contributed by atoms with Crippen LogP contribution in [0.4, 0.5) is 5.69 Å². The van der Waals surface area contributed by atoms with Crippen LogP contribution in [0, 0.1) is 0 Å². The highest BCUT2D eigenvalue weighted by Gasteiger charge is 2.36. The first-order valence-electron chi connectivity index (χ1n) is 12.9. The molecule has 1 aliphatic rings. The van der Waals surface area contributed by atoms with Gasteiger partial charge in [-0.3, -0.25) is 9.59 Å². The number of fused-ring (bicyclic) bond motifs is 2. The molecule has 200 valence electrons. The van der Waals surface area contributed by atoms with Crippen LogP contribution in [0.5, 0.6) is 0 Å². The van der Waals surface area contributed by atoms with Crippen LogP contribution in [0.2, 0.25) is 5.02 Å². The first-order valence-corrected chi connectivity index (χ1v) is 14.8. The van der Waals surface area contributed by atoms with Gasteiger partial charge in [-0.25, -0.2) is 8.42 Å². The predicted octanol–water partition coefficient (Wildman–Crippen LogP) is 3.77. The lowest BCUT2D eigenvalue weighted by atomic mass is 10.1. The fourth-order valence-corrected chi connectivity index (χ4v) is 6.70. The molecule has 9 heteroatoms. The minimum atomic E-state index is -4.01. The van der Waals surface area contributed by atoms with Gasteiger partial charge in [0.1, 0.15) is 0 Å². The molecule has 0 spiro atoms. The minimum Gasteiger partial charge on any atom is -0.346 e. The molecule has 0 saturated heterocycles. The number of carbonyl (C=O) groups excluding carboxylic acids is 2. The van der Waals surface area contributed by atoms with E-state index in [9.17, 15) is 18.0 Å². The Morgan fingerprint density at radius 3 is 2.37 bits per heavy atom. The molecule has 0 saturated carbocycles. The number of halogens is 1. The molecule has 0 aliphatic carbocycles. The number of quaternary nitrogens is 1. The van der Waals surface area contributed by atoms with Crippen molar-refractivity contribution in [2.45, 2.75) is 43.0 Å². The van der Waals surface area contributed by atoms with Crippen molar-refractivity contribution in [2.24, 2.45) is 0 Å². The van der Waals surface area contributed by atoms with Gasteiger partial charge in [0.2, 0.25) is 9.84 Å². The quantitative estimate of drug-likeness (QED) is 0.399. The third-order valence-corrected chi connectivity index (χ3v) is 8.75. The number of rotatable bonds is 10. The second-order valence-corrected chi connectivity index (χ2v) is 11.8. The second kappa shape index (κ2) is 12.1. The number of anilines is 1. The molecule has 1 aliphatic heterocycles. The van der Waals surface area contributed by atoms with Crippen molar-refractivity contribution in [1.82, 2.24) is 5.32 Å². The van der Waals surface area contributed by atoms with E-state index in [1.807, 2.05) is 6.07 Å². The summed E-state index contributed by atoms with van der Waals surface area (Å²) in [5, 5.41) is 3.47. The highest BCUT2D eigenvalue weighted by molar-refractivity contribution is 7.91. The van der Waals surface area contributed by atoms with Crippen molar-refractivity contribution in [3.05, 3.63) is 88.4 Å². The lowest BCUT2D eigenvalue weighted by Gasteiger charge is -2.24. The lowest BCUT2D eigenvalue weighted by Crippen LogP contribution is -3.12. The van der Waals surface area contributed by atoms with Crippen LogP contribution in [0.15, 0.2) is 76.5 Å². The van der Waals surface area contributed by atoms with Crippen molar-refractivity contribution in [1.29, 1.82) is 0 Å². The van der Waals surface area contributed by atoms with E-state index in [4.69, 9.17) is 11.6 Å². The zero-order valence-corrected chi connectivity index (χ0v) is 23.2. The van der Waals surface area contributed by atoms with E-state index in [0.717, 1.165) is 38.0 Å². The minimum absolute atomic E-state index is 0.0177. The number of hydrogen-bond donors (Lipinski definition) is 2. The molecule has 0 unspecified atom stereocenters. The van der Waals surface area contributed by atoms with Crippen LogP contribution in [-0.2, 0) is 16.4 Å². The number of amides is 2. The van der Waals surface area contributed by atoms with Gasteiger partial charge < -0.3 is 15.1 Å². The number of hydrogen-bond acceptors (Lipinski definition) is 4. The molecule has 2 N–H and O–H groups in total. The number of sulfone groups is 1. The molecule has 0 atom stereocenters. The maximum absolute atomic E-state index is 13.8. The molecule has 4 rings (SSSR count). The third-order valence-electron chi connectivity index (χ3n) is 6.65. The Morgan fingerprint density at radius 1 is 0.921 bits per heavy atom. The summed E-state index contributed by atoms with van der Waals surface area (Å²) in [6.07, 6.45) is 2.14. The van der Waals surface area contributed by atoms with Crippen LogP contribution in [0.3, 0.4) is 0 Å². The zero-order chi connectivity index (χ0) is 27.3. The predicted molar refractivity (Wildman–Crippen MR) is 149 cm³/mol. The first kappa shape index (κ1) is 27.8. The van der Waals surface area contributed by atoms with Crippen molar-refractivity contribution >= 4 is 38.9 Å². The Kier molecular flexibility index (Phi) is 8.87. The van der Waals surface area contributed by atoms with Crippen molar-refractivity contribution in [3.8, 4) is 0 Å². The maximum Gasteiger partial charge on any atom is 0.259 e. The number of benzene rings is 3. The molecule has 38 heavy (non-hydrogen) atoms. The highest BCUT2D eigenvalue weighted by Crippen LogP contribution is 2.38. The van der Waals surface area contributed by atoms with E-state index in [1.165, 1.54) is 40.1 Å². The molecule has 1 heterocycles. The summed E-state index contributed by atoms with van der Waals surface area (Å²) in [6, 6.07) is 17.7. The molecule has 0 bridgehead atoms. The fourth-order valence-electron chi connectivity index (χ4n) is 4.86. The molecule has 0 radical (unpaired) electrons. The summed E-state index contributed by atoms with van der Waals surface area (Å²) in [5.74, 6) is -0.770. The highest BCUT2D eigenvalue weighted by atomic mass is 35.5. The van der Waals surface area contributed by atoms with E-state index in [2.05, 4.69) is 19.2 Å². The van der Waals surface area contributed by atoms with Crippen molar-refractivity contribution in [3.63, 3.8) is 0 Å². The molecular weight excluding hydrogens is 522 g/mol. The Hall–Kier alpha value is -3.20. The van der Waals surface area contributed by atoms with E-state index in [1.54, 1.807) is 30.3 Å². The lowest BCUT2D eigenvalue weighted by molar-refractivity contribution is -0.898. The van der Waals surface area contributed by atoms with Gasteiger partial charge >= 0.3 is 0 Å². The Morgan fingerprint density at radius 2 is 1.66 bits per heavy atom. The summed E-state index contributed by atoms with van der Waals surface area (Å²) in [6.45, 7) is 7.78. The smallest absolute Gasteiger partial charge is 0.259 e. The van der Waals surface area contributed by atoms with Gasteiger partial charge in [0.05, 0.1) is 53.8 Å². The van der Waals surface area contributed by atoms with Crippen LogP contribution < -0.4 is 15.1 Å². The topological polar surface area (TPSA) is 88.0 Å². The van der Waals surface area contributed by atoms with Gasteiger partial charge in [0, 0.05) is 10.6 Å².